The van der Waals surface area contributed by atoms with Gasteiger partial charge in [0.2, 0.25) is 0 Å². The van der Waals surface area contributed by atoms with Crippen molar-refractivity contribution in [2.75, 3.05) is 39.8 Å². The smallest absolute Gasteiger partial charge is 0.0217 e. The maximum absolute atomic E-state index is 3.65. The first-order valence-electron chi connectivity index (χ1n) is 7.46. The van der Waals surface area contributed by atoms with E-state index in [1.807, 2.05) is 0 Å². The molecule has 1 saturated carbocycles. The van der Waals surface area contributed by atoms with Gasteiger partial charge < -0.3 is 10.2 Å². The Kier molecular flexibility index (Phi) is 5.26. The summed E-state index contributed by atoms with van der Waals surface area (Å²) in [5.41, 5.74) is 0. The van der Waals surface area contributed by atoms with Crippen molar-refractivity contribution in [2.45, 2.75) is 51.1 Å². The van der Waals surface area contributed by atoms with Crippen LogP contribution in [0.5, 0.6) is 0 Å². The first-order chi connectivity index (χ1) is 8.31. The third-order valence-corrected chi connectivity index (χ3v) is 4.35. The van der Waals surface area contributed by atoms with E-state index in [1.165, 1.54) is 58.3 Å². The molecule has 1 aliphatic carbocycles. The van der Waals surface area contributed by atoms with Gasteiger partial charge in [-0.2, -0.15) is 0 Å². The molecular weight excluding hydrogens is 210 g/mol. The fraction of sp³-hybridized carbons (Fsp3) is 1.00. The lowest BCUT2D eigenvalue weighted by Crippen LogP contribution is -2.44. The Balaban J connectivity index is 1.55. The molecule has 3 nitrogen and oxygen atoms in total. The quantitative estimate of drug-likeness (QED) is 0.680. The number of nitrogens with one attached hydrogen (secondary N) is 1. The Labute approximate surface area is 107 Å². The van der Waals surface area contributed by atoms with Crippen LogP contribution < -0.4 is 5.32 Å². The summed E-state index contributed by atoms with van der Waals surface area (Å²) in [7, 11) is 2.27. The molecule has 2 aliphatic rings. The third kappa shape index (κ3) is 4.23. The van der Waals surface area contributed by atoms with Crippen molar-refractivity contribution >= 4 is 0 Å². The van der Waals surface area contributed by atoms with E-state index in [0.717, 1.165) is 18.6 Å². The molecule has 0 aromatic carbocycles. The van der Waals surface area contributed by atoms with Crippen molar-refractivity contribution in [3.63, 3.8) is 0 Å². The zero-order chi connectivity index (χ0) is 12.1. The van der Waals surface area contributed by atoms with Gasteiger partial charge in [-0.15, -0.1) is 0 Å². The van der Waals surface area contributed by atoms with Crippen LogP contribution in [-0.4, -0.2) is 61.7 Å². The Hall–Kier alpha value is -0.120. The Morgan fingerprint density at radius 1 is 1.24 bits per heavy atom. The van der Waals surface area contributed by atoms with Gasteiger partial charge in [0.15, 0.2) is 0 Å². The number of likely N-dealkylation sites (N-methyl/N-ethyl adjacent to an activating group) is 2. The van der Waals surface area contributed by atoms with Gasteiger partial charge in [0.1, 0.15) is 0 Å². The lowest BCUT2D eigenvalue weighted by molar-refractivity contribution is 0.179. The topological polar surface area (TPSA) is 18.5 Å². The molecule has 1 saturated heterocycles. The highest BCUT2D eigenvalue weighted by atomic mass is 15.2. The molecule has 2 fully saturated rings. The van der Waals surface area contributed by atoms with Crippen LogP contribution in [-0.2, 0) is 0 Å². The van der Waals surface area contributed by atoms with Crippen LogP contribution in [0, 0.1) is 0 Å². The fourth-order valence-electron chi connectivity index (χ4n) is 2.93. The van der Waals surface area contributed by atoms with Gasteiger partial charge in [0, 0.05) is 31.7 Å². The van der Waals surface area contributed by atoms with Crippen molar-refractivity contribution in [1.82, 2.24) is 15.1 Å². The summed E-state index contributed by atoms with van der Waals surface area (Å²) < 4.78 is 0. The van der Waals surface area contributed by atoms with Gasteiger partial charge >= 0.3 is 0 Å². The largest absolute Gasteiger partial charge is 0.314 e. The second-order valence-corrected chi connectivity index (χ2v) is 5.69. The SMILES string of the molecule is CCN(CCNCC1CCCCN1C)C1CC1. The summed E-state index contributed by atoms with van der Waals surface area (Å²) in [6.07, 6.45) is 7.04. The molecule has 1 aliphatic heterocycles. The van der Waals surface area contributed by atoms with E-state index in [4.69, 9.17) is 0 Å². The molecule has 100 valence electrons. The molecule has 1 atom stereocenters. The van der Waals surface area contributed by atoms with Crippen molar-refractivity contribution < 1.29 is 0 Å². The third-order valence-electron chi connectivity index (χ3n) is 4.35. The van der Waals surface area contributed by atoms with Gasteiger partial charge in [-0.25, -0.2) is 0 Å². The highest BCUT2D eigenvalue weighted by Crippen LogP contribution is 2.25. The lowest BCUT2D eigenvalue weighted by Gasteiger charge is -2.32. The highest BCUT2D eigenvalue weighted by Gasteiger charge is 2.27. The maximum Gasteiger partial charge on any atom is 0.0217 e. The lowest BCUT2D eigenvalue weighted by atomic mass is 10.0. The van der Waals surface area contributed by atoms with E-state index in [-0.39, 0.29) is 0 Å². The predicted octanol–water partition coefficient (Wildman–Crippen LogP) is 1.54. The highest BCUT2D eigenvalue weighted by molar-refractivity contribution is 4.84. The molecule has 17 heavy (non-hydrogen) atoms. The van der Waals surface area contributed by atoms with Gasteiger partial charge in [-0.05, 0) is 45.8 Å². The minimum absolute atomic E-state index is 0.778. The molecule has 3 heteroatoms. The summed E-state index contributed by atoms with van der Waals surface area (Å²) in [4.78, 5) is 5.15. The Morgan fingerprint density at radius 3 is 2.71 bits per heavy atom. The predicted molar refractivity (Wildman–Crippen MR) is 73.4 cm³/mol. The molecule has 1 heterocycles. The Bertz CT molecular complexity index is 216. The Morgan fingerprint density at radius 2 is 2.06 bits per heavy atom. The van der Waals surface area contributed by atoms with Gasteiger partial charge in [-0.1, -0.05) is 13.3 Å². The van der Waals surface area contributed by atoms with Crippen LogP contribution in [0.1, 0.15) is 39.0 Å². The van der Waals surface area contributed by atoms with E-state index in [0.29, 0.717) is 0 Å². The molecule has 0 bridgehead atoms. The zero-order valence-electron chi connectivity index (χ0n) is 11.6. The maximum atomic E-state index is 3.65. The molecule has 2 rings (SSSR count). The number of hydrogen-bond acceptors (Lipinski definition) is 3. The van der Waals surface area contributed by atoms with Crippen molar-refractivity contribution in [2.24, 2.45) is 0 Å². The summed E-state index contributed by atoms with van der Waals surface area (Å²) in [6.45, 7) is 8.36. The summed E-state index contributed by atoms with van der Waals surface area (Å²) in [5.74, 6) is 0. The first-order valence-corrected chi connectivity index (χ1v) is 7.46. The number of hydrogen-bond donors (Lipinski definition) is 1. The van der Waals surface area contributed by atoms with Crippen LogP contribution >= 0.6 is 0 Å². The standard InChI is InChI=1S/C14H29N3/c1-3-17(13-7-8-13)11-9-15-12-14-6-4-5-10-16(14)2/h13-15H,3-12H2,1-2H3. The van der Waals surface area contributed by atoms with Gasteiger partial charge in [0.25, 0.3) is 0 Å². The first kappa shape index (κ1) is 13.3. The monoisotopic (exact) mass is 239 g/mol. The fourth-order valence-corrected chi connectivity index (χ4v) is 2.93. The molecule has 0 aromatic heterocycles. The van der Waals surface area contributed by atoms with Crippen LogP contribution in [0.25, 0.3) is 0 Å². The van der Waals surface area contributed by atoms with Crippen molar-refractivity contribution in [3.05, 3.63) is 0 Å². The second kappa shape index (κ2) is 6.72. The minimum atomic E-state index is 0.778. The molecule has 1 unspecified atom stereocenters. The van der Waals surface area contributed by atoms with Gasteiger partial charge in [-0.3, -0.25) is 4.90 Å². The van der Waals surface area contributed by atoms with Crippen LogP contribution in [0.4, 0.5) is 0 Å². The molecule has 0 radical (unpaired) electrons. The normalized spacial score (nSPS) is 26.6. The number of rotatable bonds is 7. The number of piperidine rings is 1. The molecule has 0 aromatic rings. The second-order valence-electron chi connectivity index (χ2n) is 5.69. The van der Waals surface area contributed by atoms with Crippen LogP contribution in [0.2, 0.25) is 0 Å². The molecule has 1 N–H and O–H groups in total. The van der Waals surface area contributed by atoms with Crippen molar-refractivity contribution in [1.29, 1.82) is 0 Å². The molecular formula is C14H29N3. The van der Waals surface area contributed by atoms with Crippen LogP contribution in [0.3, 0.4) is 0 Å². The molecule has 0 spiro atoms. The van der Waals surface area contributed by atoms with Gasteiger partial charge in [0.05, 0.1) is 0 Å². The average molecular weight is 239 g/mol. The summed E-state index contributed by atoms with van der Waals surface area (Å²) in [5, 5.41) is 3.65. The minimum Gasteiger partial charge on any atom is -0.314 e. The van der Waals surface area contributed by atoms with Crippen LogP contribution in [0.15, 0.2) is 0 Å². The average Bonchev–Trinajstić information content (AvgIpc) is 3.16. The van der Waals surface area contributed by atoms with E-state index in [9.17, 15) is 0 Å². The van der Waals surface area contributed by atoms with E-state index >= 15 is 0 Å². The summed E-state index contributed by atoms with van der Waals surface area (Å²) >= 11 is 0. The number of likely N-dealkylation sites (tertiary alicyclic amines) is 1. The van der Waals surface area contributed by atoms with E-state index in [1.54, 1.807) is 0 Å². The van der Waals surface area contributed by atoms with E-state index in [2.05, 4.69) is 29.1 Å². The summed E-state index contributed by atoms with van der Waals surface area (Å²) in [6, 6.07) is 1.69. The zero-order valence-corrected chi connectivity index (χ0v) is 11.6. The van der Waals surface area contributed by atoms with E-state index < -0.39 is 0 Å². The number of nitrogens with zero attached hydrogens (tertiary/aromatic N) is 2. The van der Waals surface area contributed by atoms with Crippen molar-refractivity contribution in [3.8, 4) is 0 Å². The molecule has 0 amide bonds.